The molecule has 0 atom stereocenters. The van der Waals surface area contributed by atoms with E-state index in [2.05, 4.69) is 76.3 Å². The highest BCUT2D eigenvalue weighted by Crippen LogP contribution is 2.35. The summed E-state index contributed by atoms with van der Waals surface area (Å²) in [6.07, 6.45) is 0. The summed E-state index contributed by atoms with van der Waals surface area (Å²) >= 11 is 0. The first-order valence-corrected chi connectivity index (χ1v) is 12.2. The summed E-state index contributed by atoms with van der Waals surface area (Å²) in [5.41, 5.74) is 7.47. The van der Waals surface area contributed by atoms with Gasteiger partial charge in [-0.2, -0.15) is 4.98 Å². The number of rotatable bonds is 2. The minimum atomic E-state index is -0.123. The van der Waals surface area contributed by atoms with E-state index in [-0.39, 0.29) is 5.56 Å². The highest BCUT2D eigenvalue weighted by atomic mass is 16.3. The zero-order valence-corrected chi connectivity index (χ0v) is 19.6. The molecule has 5 nitrogen and oxygen atoms in total. The van der Waals surface area contributed by atoms with Crippen molar-refractivity contribution in [2.24, 2.45) is 0 Å². The summed E-state index contributed by atoms with van der Waals surface area (Å²) < 4.78 is 9.82. The number of hydrogen-bond acceptors (Lipinski definition) is 3. The zero-order chi connectivity index (χ0) is 24.5. The van der Waals surface area contributed by atoms with Crippen molar-refractivity contribution in [2.75, 3.05) is 0 Å². The third-order valence-corrected chi connectivity index (χ3v) is 7.17. The van der Waals surface area contributed by atoms with E-state index in [4.69, 9.17) is 4.42 Å². The van der Waals surface area contributed by atoms with Gasteiger partial charge in [0.25, 0.3) is 5.56 Å². The zero-order valence-electron chi connectivity index (χ0n) is 19.6. The van der Waals surface area contributed by atoms with Crippen LogP contribution in [0.4, 0.5) is 0 Å². The van der Waals surface area contributed by atoms with Gasteiger partial charge in [-0.15, -0.1) is 0 Å². The van der Waals surface area contributed by atoms with Crippen molar-refractivity contribution in [3.05, 3.63) is 126 Å². The molecule has 0 aliphatic carbocycles. The Hall–Kier alpha value is -5.16. The summed E-state index contributed by atoms with van der Waals surface area (Å²) in [6, 6.07) is 38.8. The first kappa shape index (κ1) is 20.1. The minimum absolute atomic E-state index is 0.123. The van der Waals surface area contributed by atoms with Gasteiger partial charge in [-0.05, 0) is 65.7 Å². The van der Waals surface area contributed by atoms with Gasteiger partial charge in [-0.1, -0.05) is 60.7 Å². The monoisotopic (exact) mass is 477 g/mol. The van der Waals surface area contributed by atoms with Crippen LogP contribution in [0, 0.1) is 0 Å². The van der Waals surface area contributed by atoms with Crippen LogP contribution in [0.2, 0.25) is 0 Å². The number of hydrogen-bond donors (Lipinski definition) is 0. The second-order valence-electron chi connectivity index (χ2n) is 9.26. The van der Waals surface area contributed by atoms with E-state index in [9.17, 15) is 4.79 Å². The average molecular weight is 478 g/mol. The van der Waals surface area contributed by atoms with Gasteiger partial charge in [-0.3, -0.25) is 4.79 Å². The molecule has 0 unspecified atom stereocenters. The molecule has 5 aromatic carbocycles. The summed E-state index contributed by atoms with van der Waals surface area (Å²) in [4.78, 5) is 17.8. The predicted molar refractivity (Wildman–Crippen MR) is 149 cm³/mol. The lowest BCUT2D eigenvalue weighted by atomic mass is 10.0. The van der Waals surface area contributed by atoms with Crippen LogP contribution < -0.4 is 5.56 Å². The maximum absolute atomic E-state index is 13.2. The van der Waals surface area contributed by atoms with E-state index in [0.717, 1.165) is 33.4 Å². The van der Waals surface area contributed by atoms with Crippen LogP contribution >= 0.6 is 0 Å². The molecule has 0 bridgehead atoms. The lowest BCUT2D eigenvalue weighted by molar-refractivity contribution is 0.616. The molecule has 3 heterocycles. The van der Waals surface area contributed by atoms with Gasteiger partial charge >= 0.3 is 5.84 Å². The molecule has 8 rings (SSSR count). The molecule has 0 aliphatic rings. The molecule has 5 heteroatoms. The van der Waals surface area contributed by atoms with Crippen LogP contribution in [0.5, 0.6) is 0 Å². The Kier molecular flexibility index (Phi) is 4.03. The first-order valence-electron chi connectivity index (χ1n) is 12.2. The third-order valence-electron chi connectivity index (χ3n) is 7.17. The number of aromatic nitrogens is 3. The Labute approximate surface area is 210 Å². The van der Waals surface area contributed by atoms with E-state index in [0.29, 0.717) is 16.8 Å². The normalized spacial score (nSPS) is 11.9. The van der Waals surface area contributed by atoms with Crippen LogP contribution in [0.25, 0.3) is 66.5 Å². The van der Waals surface area contributed by atoms with Crippen LogP contribution in [0.3, 0.4) is 0 Å². The lowest BCUT2D eigenvalue weighted by Gasteiger charge is -2.08. The van der Waals surface area contributed by atoms with E-state index >= 15 is 0 Å². The lowest BCUT2D eigenvalue weighted by Crippen LogP contribution is -2.12. The fraction of sp³-hybridized carbons (Fsp3) is 0. The minimum Gasteiger partial charge on any atom is -0.424 e. The molecule has 0 fully saturated rings. The Morgan fingerprint density at radius 2 is 1.27 bits per heavy atom. The van der Waals surface area contributed by atoms with Gasteiger partial charge in [0.05, 0.1) is 27.5 Å². The fourth-order valence-corrected chi connectivity index (χ4v) is 5.46. The van der Waals surface area contributed by atoms with Crippen LogP contribution in [0.1, 0.15) is 0 Å². The van der Waals surface area contributed by atoms with Gasteiger partial charge in [0.1, 0.15) is 5.58 Å². The van der Waals surface area contributed by atoms with Gasteiger partial charge in [0, 0.05) is 16.5 Å². The molecule has 0 aliphatic heterocycles. The van der Waals surface area contributed by atoms with Gasteiger partial charge in [0.15, 0.2) is 0 Å². The molecule has 8 aromatic rings. The Morgan fingerprint density at radius 1 is 0.595 bits per heavy atom. The van der Waals surface area contributed by atoms with Crippen LogP contribution in [-0.2, 0) is 0 Å². The smallest absolute Gasteiger partial charge is 0.310 e. The quantitative estimate of drug-likeness (QED) is 0.261. The SMILES string of the molecule is O=c1c2ccccc2oc2nc3cc(-c4ccc5c(c4)c4ccccc4n5-c4ccccc4)ccc3n12. The van der Waals surface area contributed by atoms with Crippen molar-refractivity contribution >= 4 is 49.7 Å². The number of benzene rings is 5. The molecule has 0 saturated carbocycles. The number of fused-ring (bicyclic) bond motifs is 7. The molecule has 0 saturated heterocycles. The summed E-state index contributed by atoms with van der Waals surface area (Å²) in [5.74, 6) is 0.303. The van der Waals surface area contributed by atoms with Crippen molar-refractivity contribution < 1.29 is 4.42 Å². The standard InChI is InChI=1S/C32H19N3O2/c36-31-24-11-5-7-13-30(24)37-32-33-26-19-21(15-17-29(26)35(31)32)20-14-16-28-25(18-20)23-10-4-6-12-27(23)34(28)22-8-2-1-3-9-22/h1-19H. The van der Waals surface area contributed by atoms with Crippen LogP contribution in [0.15, 0.2) is 124 Å². The molecule has 174 valence electrons. The predicted octanol–water partition coefficient (Wildman–Crippen LogP) is 7.36. The second kappa shape index (κ2) is 7.42. The van der Waals surface area contributed by atoms with E-state index in [1.165, 1.54) is 16.3 Å². The van der Waals surface area contributed by atoms with E-state index in [1.54, 1.807) is 16.5 Å². The van der Waals surface area contributed by atoms with Crippen LogP contribution in [-0.4, -0.2) is 14.0 Å². The van der Waals surface area contributed by atoms with Gasteiger partial charge in [-0.25, -0.2) is 4.40 Å². The van der Waals surface area contributed by atoms with E-state index in [1.807, 2.05) is 36.4 Å². The molecule has 0 N–H and O–H groups in total. The average Bonchev–Trinajstić information content (AvgIpc) is 3.48. The highest BCUT2D eigenvalue weighted by molar-refractivity contribution is 6.10. The van der Waals surface area contributed by atoms with Gasteiger partial charge in [0.2, 0.25) is 0 Å². The topological polar surface area (TPSA) is 52.4 Å². The Morgan fingerprint density at radius 3 is 2.14 bits per heavy atom. The van der Waals surface area contributed by atoms with Crippen molar-refractivity contribution in [3.8, 4) is 16.8 Å². The molecule has 0 amide bonds. The van der Waals surface area contributed by atoms with Crippen molar-refractivity contribution in [2.45, 2.75) is 0 Å². The number of nitrogens with zero attached hydrogens (tertiary/aromatic N) is 3. The van der Waals surface area contributed by atoms with E-state index < -0.39 is 0 Å². The highest BCUT2D eigenvalue weighted by Gasteiger charge is 2.15. The molecule has 0 spiro atoms. The summed E-state index contributed by atoms with van der Waals surface area (Å²) in [7, 11) is 0. The fourth-order valence-electron chi connectivity index (χ4n) is 5.46. The summed E-state index contributed by atoms with van der Waals surface area (Å²) in [6.45, 7) is 0. The number of imidazole rings is 1. The number of para-hydroxylation sites is 3. The second-order valence-corrected chi connectivity index (χ2v) is 9.26. The summed E-state index contributed by atoms with van der Waals surface area (Å²) in [5, 5.41) is 2.94. The largest absolute Gasteiger partial charge is 0.424 e. The maximum atomic E-state index is 13.2. The molecule has 0 radical (unpaired) electrons. The van der Waals surface area contributed by atoms with Crippen molar-refractivity contribution in [3.63, 3.8) is 0 Å². The third kappa shape index (κ3) is 2.85. The molecular formula is C32H19N3O2. The molecule has 37 heavy (non-hydrogen) atoms. The molecule has 3 aromatic heterocycles. The van der Waals surface area contributed by atoms with Gasteiger partial charge < -0.3 is 8.98 Å². The maximum Gasteiger partial charge on any atom is 0.310 e. The Balaban J connectivity index is 1.35. The van der Waals surface area contributed by atoms with Crippen molar-refractivity contribution in [1.82, 2.24) is 14.0 Å². The Bertz CT molecular complexity index is 2220. The van der Waals surface area contributed by atoms with Crippen molar-refractivity contribution in [1.29, 1.82) is 0 Å². The molecular weight excluding hydrogens is 458 g/mol. The first-order chi connectivity index (χ1) is 18.3.